The molecule has 4 rings (SSSR count). The molecular formula is C22H16ClN3O3. The first-order valence-corrected chi connectivity index (χ1v) is 9.27. The number of carbonyl (C=O) groups is 3. The Morgan fingerprint density at radius 2 is 1.72 bits per heavy atom. The second-order valence-corrected chi connectivity index (χ2v) is 6.94. The number of amides is 4. The monoisotopic (exact) mass is 405 g/mol. The molecule has 3 aromatic carbocycles. The van der Waals surface area contributed by atoms with Gasteiger partial charge in [0.2, 0.25) is 5.91 Å². The Kier molecular flexibility index (Phi) is 5.01. The van der Waals surface area contributed by atoms with Gasteiger partial charge in [-0.2, -0.15) is 0 Å². The molecule has 1 fully saturated rings. The van der Waals surface area contributed by atoms with Crippen LogP contribution in [0.2, 0.25) is 5.02 Å². The number of imide groups is 1. The molecule has 0 bridgehead atoms. The summed E-state index contributed by atoms with van der Waals surface area (Å²) in [7, 11) is 0. The lowest BCUT2D eigenvalue weighted by Gasteiger charge is -2.13. The average Bonchev–Trinajstić information content (AvgIpc) is 2.97. The fourth-order valence-corrected chi connectivity index (χ4v) is 3.23. The Morgan fingerprint density at radius 3 is 2.52 bits per heavy atom. The molecule has 3 aromatic rings. The van der Waals surface area contributed by atoms with Crippen LogP contribution in [0.4, 0.5) is 10.5 Å². The lowest BCUT2D eigenvalue weighted by atomic mass is 10.1. The topological polar surface area (TPSA) is 78.5 Å². The van der Waals surface area contributed by atoms with E-state index in [0.717, 1.165) is 15.7 Å². The Morgan fingerprint density at radius 1 is 1.00 bits per heavy atom. The van der Waals surface area contributed by atoms with Crippen LogP contribution < -0.4 is 10.6 Å². The third-order valence-electron chi connectivity index (χ3n) is 4.51. The van der Waals surface area contributed by atoms with Crippen molar-refractivity contribution in [3.05, 3.63) is 83.0 Å². The largest absolute Gasteiger partial charge is 0.329 e. The molecule has 2 N–H and O–H groups in total. The lowest BCUT2D eigenvalue weighted by Crippen LogP contribution is -2.38. The molecule has 6 nitrogen and oxygen atoms in total. The second-order valence-electron chi connectivity index (χ2n) is 6.51. The fraction of sp³-hybridized carbons (Fsp3) is 0.0455. The van der Waals surface area contributed by atoms with E-state index in [2.05, 4.69) is 10.6 Å². The van der Waals surface area contributed by atoms with E-state index in [1.54, 1.807) is 36.4 Å². The van der Waals surface area contributed by atoms with E-state index in [1.807, 2.05) is 36.4 Å². The summed E-state index contributed by atoms with van der Waals surface area (Å²) < 4.78 is 0. The summed E-state index contributed by atoms with van der Waals surface area (Å²) in [5.74, 6) is -1.02. The smallest absolute Gasteiger partial charge is 0.324 e. The maximum atomic E-state index is 12.6. The van der Waals surface area contributed by atoms with E-state index in [0.29, 0.717) is 16.3 Å². The van der Waals surface area contributed by atoms with Crippen LogP contribution in [0.1, 0.15) is 5.56 Å². The standard InChI is InChI=1S/C22H16ClN3O3/c23-16-10-8-14(9-11-16)12-19-21(28)26(22(29)25-19)13-20(27)24-18-7-3-5-15-4-1-2-6-17(15)18/h1-12H,13H2,(H,24,27)(H,25,29)/b19-12-. The summed E-state index contributed by atoms with van der Waals surface area (Å²) in [5, 5.41) is 7.71. The first-order valence-electron chi connectivity index (χ1n) is 8.89. The highest BCUT2D eigenvalue weighted by molar-refractivity contribution is 6.30. The molecule has 0 spiro atoms. The summed E-state index contributed by atoms with van der Waals surface area (Å²) in [6, 6.07) is 19.4. The average molecular weight is 406 g/mol. The summed E-state index contributed by atoms with van der Waals surface area (Å²) >= 11 is 5.85. The fourth-order valence-electron chi connectivity index (χ4n) is 3.11. The summed E-state index contributed by atoms with van der Waals surface area (Å²) in [6.45, 7) is -0.383. The van der Waals surface area contributed by atoms with Crippen LogP contribution in [-0.2, 0) is 9.59 Å². The van der Waals surface area contributed by atoms with Gasteiger partial charge in [0.1, 0.15) is 12.2 Å². The minimum atomic E-state index is -0.636. The normalized spacial score (nSPS) is 15.1. The van der Waals surface area contributed by atoms with Crippen LogP contribution in [0.25, 0.3) is 16.8 Å². The number of nitrogens with zero attached hydrogens (tertiary/aromatic N) is 1. The molecule has 1 aliphatic heterocycles. The van der Waals surface area contributed by atoms with E-state index >= 15 is 0 Å². The maximum Gasteiger partial charge on any atom is 0.329 e. The van der Waals surface area contributed by atoms with Crippen molar-refractivity contribution in [2.75, 3.05) is 11.9 Å². The highest BCUT2D eigenvalue weighted by atomic mass is 35.5. The van der Waals surface area contributed by atoms with Gasteiger partial charge in [0.15, 0.2) is 0 Å². The van der Waals surface area contributed by atoms with E-state index in [-0.39, 0.29) is 12.2 Å². The minimum Gasteiger partial charge on any atom is -0.324 e. The Balaban J connectivity index is 1.48. The number of hydrogen-bond acceptors (Lipinski definition) is 3. The predicted octanol–water partition coefficient (Wildman–Crippen LogP) is 4.02. The van der Waals surface area contributed by atoms with Crippen molar-refractivity contribution in [2.24, 2.45) is 0 Å². The zero-order chi connectivity index (χ0) is 20.4. The number of urea groups is 1. The van der Waals surface area contributed by atoms with Gasteiger partial charge in [-0.3, -0.25) is 9.59 Å². The summed E-state index contributed by atoms with van der Waals surface area (Å²) in [6.07, 6.45) is 1.54. The van der Waals surface area contributed by atoms with E-state index < -0.39 is 17.8 Å². The molecule has 1 aliphatic rings. The summed E-state index contributed by atoms with van der Waals surface area (Å²) in [5.41, 5.74) is 1.44. The second kappa shape index (κ2) is 7.77. The van der Waals surface area contributed by atoms with Gasteiger partial charge in [0, 0.05) is 16.1 Å². The van der Waals surface area contributed by atoms with Crippen molar-refractivity contribution in [3.8, 4) is 0 Å². The van der Waals surface area contributed by atoms with Crippen molar-refractivity contribution in [2.45, 2.75) is 0 Å². The van der Waals surface area contributed by atoms with Crippen LogP contribution in [0, 0.1) is 0 Å². The van der Waals surface area contributed by atoms with Gasteiger partial charge in [-0.25, -0.2) is 9.69 Å². The van der Waals surface area contributed by atoms with Gasteiger partial charge in [-0.1, -0.05) is 60.1 Å². The third-order valence-corrected chi connectivity index (χ3v) is 4.76. The molecule has 0 unspecified atom stereocenters. The number of carbonyl (C=O) groups excluding carboxylic acids is 3. The predicted molar refractivity (Wildman–Crippen MR) is 112 cm³/mol. The molecule has 29 heavy (non-hydrogen) atoms. The number of fused-ring (bicyclic) bond motifs is 1. The van der Waals surface area contributed by atoms with Gasteiger partial charge in [-0.15, -0.1) is 0 Å². The first-order chi connectivity index (χ1) is 14.0. The van der Waals surface area contributed by atoms with E-state index in [1.165, 1.54) is 0 Å². The van der Waals surface area contributed by atoms with Crippen LogP contribution in [-0.4, -0.2) is 29.3 Å². The molecule has 1 heterocycles. The van der Waals surface area contributed by atoms with Crippen molar-refractivity contribution in [1.29, 1.82) is 0 Å². The highest BCUT2D eigenvalue weighted by Crippen LogP contribution is 2.23. The van der Waals surface area contributed by atoms with Crippen molar-refractivity contribution in [1.82, 2.24) is 10.2 Å². The molecule has 1 saturated heterocycles. The molecule has 0 saturated carbocycles. The van der Waals surface area contributed by atoms with Gasteiger partial charge < -0.3 is 10.6 Å². The summed E-state index contributed by atoms with van der Waals surface area (Å²) in [4.78, 5) is 38.1. The van der Waals surface area contributed by atoms with Crippen LogP contribution >= 0.6 is 11.6 Å². The Labute approximate surface area is 171 Å². The molecule has 0 aliphatic carbocycles. The molecule has 144 valence electrons. The maximum absolute atomic E-state index is 12.6. The van der Waals surface area contributed by atoms with Crippen LogP contribution in [0.15, 0.2) is 72.4 Å². The number of halogens is 1. The molecule has 0 aromatic heterocycles. The SMILES string of the molecule is O=C(CN1C(=O)N/C(=C\c2ccc(Cl)cc2)C1=O)Nc1cccc2ccccc12. The van der Waals surface area contributed by atoms with Crippen LogP contribution in [0.5, 0.6) is 0 Å². The highest BCUT2D eigenvalue weighted by Gasteiger charge is 2.34. The number of benzene rings is 3. The first kappa shape index (κ1) is 18.7. The van der Waals surface area contributed by atoms with Gasteiger partial charge in [0.05, 0.1) is 0 Å². The molecule has 4 amide bonds. The van der Waals surface area contributed by atoms with E-state index in [9.17, 15) is 14.4 Å². The number of hydrogen-bond donors (Lipinski definition) is 2. The molecule has 7 heteroatoms. The molecular weight excluding hydrogens is 390 g/mol. The quantitative estimate of drug-likeness (QED) is 0.508. The number of rotatable bonds is 4. The number of anilines is 1. The molecule has 0 atom stereocenters. The van der Waals surface area contributed by atoms with E-state index in [4.69, 9.17) is 11.6 Å². The molecule has 0 radical (unpaired) electrons. The Bertz CT molecular complexity index is 1150. The van der Waals surface area contributed by atoms with Crippen molar-refractivity contribution < 1.29 is 14.4 Å². The van der Waals surface area contributed by atoms with Crippen molar-refractivity contribution in [3.63, 3.8) is 0 Å². The lowest BCUT2D eigenvalue weighted by molar-refractivity contribution is -0.127. The minimum absolute atomic E-state index is 0.107. The third kappa shape index (κ3) is 3.97. The van der Waals surface area contributed by atoms with Gasteiger partial charge in [0.25, 0.3) is 5.91 Å². The zero-order valence-corrected chi connectivity index (χ0v) is 15.9. The van der Waals surface area contributed by atoms with Crippen LogP contribution in [0.3, 0.4) is 0 Å². The van der Waals surface area contributed by atoms with Gasteiger partial charge >= 0.3 is 6.03 Å². The van der Waals surface area contributed by atoms with Crippen molar-refractivity contribution >= 4 is 52.0 Å². The number of nitrogens with one attached hydrogen (secondary N) is 2. The zero-order valence-electron chi connectivity index (χ0n) is 15.2. The Hall–Kier alpha value is -3.64. The van der Waals surface area contributed by atoms with Gasteiger partial charge in [-0.05, 0) is 35.2 Å².